The Morgan fingerprint density at radius 3 is 1.55 bits per heavy atom. The van der Waals surface area contributed by atoms with Gasteiger partial charge >= 0.3 is 0 Å². The van der Waals surface area contributed by atoms with E-state index in [0.29, 0.717) is 0 Å². The lowest BCUT2D eigenvalue weighted by molar-refractivity contribution is 0.660. The van der Waals surface area contributed by atoms with Gasteiger partial charge in [0.05, 0.1) is 0 Å². The van der Waals surface area contributed by atoms with Crippen molar-refractivity contribution in [2.24, 2.45) is 0 Å². The highest BCUT2D eigenvalue weighted by atomic mass is 32.1. The molecular formula is C63H43NOS. The van der Waals surface area contributed by atoms with Crippen molar-refractivity contribution < 1.29 is 4.42 Å². The topological polar surface area (TPSA) is 16.4 Å². The molecule has 312 valence electrons. The number of anilines is 3. The van der Waals surface area contributed by atoms with Gasteiger partial charge in [-0.25, -0.2) is 0 Å². The quantitative estimate of drug-likeness (QED) is 0.159. The van der Waals surface area contributed by atoms with E-state index < -0.39 is 0 Å². The standard InChI is InChI=1S/C63H43NOS/c1-63(2)56-14-6-3-10-51(56)54-38-45(28-36-57(54)63)42-20-18-40(19-21-42)41-22-30-47(31-23-41)64(48-32-24-43(25-33-48)46-29-37-61-55(39-46)52-11-5-8-17-60(52)66-61)49-34-26-44(27-35-49)50-13-9-16-59-62(50)53-12-4-7-15-58(53)65-59/h3-39H,1-2H3. The summed E-state index contributed by atoms with van der Waals surface area (Å²) in [6.07, 6.45) is 0. The maximum Gasteiger partial charge on any atom is 0.136 e. The zero-order valence-electron chi connectivity index (χ0n) is 36.6. The van der Waals surface area contributed by atoms with Crippen LogP contribution >= 0.6 is 11.3 Å². The molecule has 1 aliphatic rings. The Hall–Kier alpha value is -7.98. The Balaban J connectivity index is 0.842. The molecular weight excluding hydrogens is 819 g/mol. The van der Waals surface area contributed by atoms with E-state index in [9.17, 15) is 0 Å². The maximum atomic E-state index is 6.26. The van der Waals surface area contributed by atoms with Gasteiger partial charge in [-0.1, -0.05) is 166 Å². The minimum atomic E-state index is 0.00403. The van der Waals surface area contributed by atoms with Crippen LogP contribution in [0.5, 0.6) is 0 Å². The van der Waals surface area contributed by atoms with E-state index in [2.05, 4.69) is 231 Å². The summed E-state index contributed by atoms with van der Waals surface area (Å²) in [6.45, 7) is 4.67. The zero-order chi connectivity index (χ0) is 43.9. The van der Waals surface area contributed by atoms with Crippen molar-refractivity contribution in [2.75, 3.05) is 4.90 Å². The smallest absolute Gasteiger partial charge is 0.136 e. The SMILES string of the molecule is CC1(C)c2ccccc2-c2cc(-c3ccc(-c4ccc(N(c5ccc(-c6ccc7sc8ccccc8c7c6)cc5)c5ccc(-c6cccc7oc8ccccc8c67)cc5)cc4)cc3)ccc21. The number of nitrogens with zero attached hydrogens (tertiary/aromatic N) is 1. The molecule has 0 atom stereocenters. The molecule has 2 heterocycles. The first-order valence-electron chi connectivity index (χ1n) is 22.7. The molecule has 66 heavy (non-hydrogen) atoms. The molecule has 0 amide bonds. The third kappa shape index (κ3) is 6.23. The average molecular weight is 862 g/mol. The highest BCUT2D eigenvalue weighted by Gasteiger charge is 2.35. The first-order valence-corrected chi connectivity index (χ1v) is 23.5. The van der Waals surface area contributed by atoms with Crippen molar-refractivity contribution in [1.29, 1.82) is 0 Å². The third-order valence-corrected chi connectivity index (χ3v) is 15.1. The Morgan fingerprint density at radius 2 is 0.833 bits per heavy atom. The molecule has 2 aromatic heterocycles. The van der Waals surface area contributed by atoms with Crippen LogP contribution in [0.25, 0.3) is 97.7 Å². The van der Waals surface area contributed by atoms with Gasteiger partial charge in [0.15, 0.2) is 0 Å². The molecule has 3 heteroatoms. The number of rotatable bonds is 7. The van der Waals surface area contributed by atoms with E-state index in [0.717, 1.165) is 50.1 Å². The minimum absolute atomic E-state index is 0.00403. The summed E-state index contributed by atoms with van der Waals surface area (Å²) >= 11 is 1.86. The lowest BCUT2D eigenvalue weighted by Crippen LogP contribution is -2.14. The van der Waals surface area contributed by atoms with Crippen molar-refractivity contribution in [1.82, 2.24) is 0 Å². The number of para-hydroxylation sites is 1. The summed E-state index contributed by atoms with van der Waals surface area (Å²) in [5, 5.41) is 4.91. The summed E-state index contributed by atoms with van der Waals surface area (Å²) in [6, 6.07) is 82.1. The molecule has 0 aliphatic heterocycles. The highest BCUT2D eigenvalue weighted by molar-refractivity contribution is 7.25. The summed E-state index contributed by atoms with van der Waals surface area (Å²) in [5.41, 5.74) is 20.1. The Kier molecular flexibility index (Phi) is 8.78. The van der Waals surface area contributed by atoms with Crippen molar-refractivity contribution in [2.45, 2.75) is 19.3 Å². The van der Waals surface area contributed by atoms with Gasteiger partial charge in [0.1, 0.15) is 11.2 Å². The van der Waals surface area contributed by atoms with E-state index in [4.69, 9.17) is 4.42 Å². The molecule has 0 saturated heterocycles. The molecule has 2 nitrogen and oxygen atoms in total. The number of hydrogen-bond donors (Lipinski definition) is 0. The molecule has 0 spiro atoms. The van der Waals surface area contributed by atoms with Crippen LogP contribution in [0.15, 0.2) is 229 Å². The van der Waals surface area contributed by atoms with Gasteiger partial charge in [0.25, 0.3) is 0 Å². The fourth-order valence-corrected chi connectivity index (χ4v) is 11.6. The molecule has 0 radical (unpaired) electrons. The Labute approximate surface area is 388 Å². The van der Waals surface area contributed by atoms with E-state index in [1.54, 1.807) is 0 Å². The van der Waals surface area contributed by atoms with Gasteiger partial charge in [-0.05, 0) is 140 Å². The summed E-state index contributed by atoms with van der Waals surface area (Å²) in [7, 11) is 0. The highest BCUT2D eigenvalue weighted by Crippen LogP contribution is 2.50. The van der Waals surface area contributed by atoms with Crippen molar-refractivity contribution in [3.8, 4) is 55.6 Å². The maximum absolute atomic E-state index is 6.26. The molecule has 0 bridgehead atoms. The minimum Gasteiger partial charge on any atom is -0.456 e. The number of thiophene rings is 1. The van der Waals surface area contributed by atoms with Crippen LogP contribution in [0.2, 0.25) is 0 Å². The number of hydrogen-bond acceptors (Lipinski definition) is 3. The molecule has 10 aromatic carbocycles. The Morgan fingerprint density at radius 1 is 0.348 bits per heavy atom. The van der Waals surface area contributed by atoms with Gasteiger partial charge in [-0.15, -0.1) is 11.3 Å². The van der Waals surface area contributed by atoms with Crippen molar-refractivity contribution in [3.05, 3.63) is 236 Å². The number of furan rings is 1. The molecule has 0 unspecified atom stereocenters. The largest absolute Gasteiger partial charge is 0.456 e. The van der Waals surface area contributed by atoms with Crippen LogP contribution in [0.1, 0.15) is 25.0 Å². The molecule has 13 rings (SSSR count). The van der Waals surface area contributed by atoms with Crippen LogP contribution in [0.4, 0.5) is 17.1 Å². The van der Waals surface area contributed by atoms with Crippen LogP contribution in [-0.4, -0.2) is 0 Å². The monoisotopic (exact) mass is 861 g/mol. The number of benzene rings is 10. The first-order chi connectivity index (χ1) is 32.4. The summed E-state index contributed by atoms with van der Waals surface area (Å²) in [5.74, 6) is 0. The van der Waals surface area contributed by atoms with Crippen molar-refractivity contribution in [3.63, 3.8) is 0 Å². The van der Waals surface area contributed by atoms with Crippen LogP contribution in [0.3, 0.4) is 0 Å². The second kappa shape index (κ2) is 15.1. The fraction of sp³-hybridized carbons (Fsp3) is 0.0476. The normalized spacial score (nSPS) is 12.8. The lowest BCUT2D eigenvalue weighted by atomic mass is 9.82. The summed E-state index contributed by atoms with van der Waals surface area (Å²) < 4.78 is 8.90. The van der Waals surface area contributed by atoms with Crippen LogP contribution < -0.4 is 4.90 Å². The molecule has 0 fully saturated rings. The second-order valence-corrected chi connectivity index (χ2v) is 19.2. The van der Waals surface area contributed by atoms with E-state index in [1.165, 1.54) is 75.8 Å². The lowest BCUT2D eigenvalue weighted by Gasteiger charge is -2.26. The van der Waals surface area contributed by atoms with E-state index in [1.807, 2.05) is 23.5 Å². The molecule has 0 saturated carbocycles. The molecule has 12 aromatic rings. The summed E-state index contributed by atoms with van der Waals surface area (Å²) in [4.78, 5) is 2.36. The van der Waals surface area contributed by atoms with Gasteiger partial charge in [-0.2, -0.15) is 0 Å². The van der Waals surface area contributed by atoms with E-state index in [-0.39, 0.29) is 5.41 Å². The van der Waals surface area contributed by atoms with Gasteiger partial charge in [0, 0.05) is 53.4 Å². The predicted molar refractivity (Wildman–Crippen MR) is 281 cm³/mol. The van der Waals surface area contributed by atoms with Crippen LogP contribution in [0, 0.1) is 0 Å². The van der Waals surface area contributed by atoms with Crippen molar-refractivity contribution >= 4 is 70.5 Å². The zero-order valence-corrected chi connectivity index (χ0v) is 37.4. The fourth-order valence-electron chi connectivity index (χ4n) is 10.5. The average Bonchev–Trinajstić information content (AvgIpc) is 4.02. The predicted octanol–water partition coefficient (Wildman–Crippen LogP) is 18.4. The first kappa shape index (κ1) is 38.5. The van der Waals surface area contributed by atoms with Gasteiger partial charge < -0.3 is 9.32 Å². The third-order valence-electron chi connectivity index (χ3n) is 13.9. The second-order valence-electron chi connectivity index (χ2n) is 18.1. The molecule has 0 N–H and O–H groups in total. The number of fused-ring (bicyclic) bond motifs is 9. The van der Waals surface area contributed by atoms with Crippen LogP contribution in [-0.2, 0) is 5.41 Å². The van der Waals surface area contributed by atoms with Gasteiger partial charge in [-0.3, -0.25) is 0 Å². The molecule has 1 aliphatic carbocycles. The van der Waals surface area contributed by atoms with E-state index >= 15 is 0 Å². The Bertz CT molecular complexity index is 3820. The van der Waals surface area contributed by atoms with Gasteiger partial charge in [0.2, 0.25) is 0 Å².